The lowest BCUT2D eigenvalue weighted by molar-refractivity contribution is 0.539. The van der Waals surface area contributed by atoms with E-state index < -0.39 is 0 Å². The van der Waals surface area contributed by atoms with Gasteiger partial charge in [-0.25, -0.2) is 0 Å². The molecule has 0 bridgehead atoms. The molecule has 1 nitrogen and oxygen atoms in total. The minimum absolute atomic E-state index is 0.491. The van der Waals surface area contributed by atoms with E-state index in [1.807, 2.05) is 11.3 Å². The Bertz CT molecular complexity index is 326. The zero-order valence-corrected chi connectivity index (χ0v) is 11.8. The molecule has 0 aromatic carbocycles. The van der Waals surface area contributed by atoms with E-state index in [9.17, 15) is 0 Å². The highest BCUT2D eigenvalue weighted by Crippen LogP contribution is 2.37. The van der Waals surface area contributed by atoms with Gasteiger partial charge in [0.25, 0.3) is 0 Å². The van der Waals surface area contributed by atoms with E-state index in [1.165, 1.54) is 28.3 Å². The van der Waals surface area contributed by atoms with Crippen LogP contribution in [0, 0.1) is 0 Å². The molecule has 1 aliphatic rings. The highest BCUT2D eigenvalue weighted by atomic mass is 32.2. The van der Waals surface area contributed by atoms with Crippen molar-refractivity contribution in [2.75, 3.05) is 12.3 Å². The highest BCUT2D eigenvalue weighted by molar-refractivity contribution is 8.00. The van der Waals surface area contributed by atoms with Crippen LogP contribution in [0.4, 0.5) is 0 Å². The Kier molecular flexibility index (Phi) is 4.34. The molecule has 1 N–H and O–H groups in total. The monoisotopic (exact) mass is 255 g/mol. The summed E-state index contributed by atoms with van der Waals surface area (Å²) in [4.78, 5) is 2.97. The van der Waals surface area contributed by atoms with Gasteiger partial charge in [0.05, 0.1) is 0 Å². The lowest BCUT2D eigenvalue weighted by atomic mass is 10.1. The number of hydrogen-bond donors (Lipinski definition) is 1. The van der Waals surface area contributed by atoms with Crippen LogP contribution in [0.1, 0.15) is 36.4 Å². The molecule has 1 atom stereocenters. The molecule has 0 spiro atoms. The third-order valence-electron chi connectivity index (χ3n) is 3.16. The summed E-state index contributed by atoms with van der Waals surface area (Å²) in [5.74, 6) is 1.34. The molecule has 1 aromatic rings. The first kappa shape index (κ1) is 12.5. The smallest absolute Gasteiger partial charge is 0.0300 e. The molecule has 1 aliphatic heterocycles. The molecule has 1 aromatic heterocycles. The Balaban J connectivity index is 1.75. The van der Waals surface area contributed by atoms with Gasteiger partial charge in [0.2, 0.25) is 0 Å². The summed E-state index contributed by atoms with van der Waals surface area (Å²) in [6.07, 6.45) is 3.93. The molecule has 0 saturated carbocycles. The predicted octanol–water partition coefficient (Wildman–Crippen LogP) is 3.69. The maximum Gasteiger partial charge on any atom is 0.0300 e. The largest absolute Gasteiger partial charge is 0.310 e. The predicted molar refractivity (Wildman–Crippen MR) is 75.5 cm³/mol. The van der Waals surface area contributed by atoms with Crippen molar-refractivity contribution in [2.45, 2.75) is 44.4 Å². The Labute approximate surface area is 107 Å². The van der Waals surface area contributed by atoms with Crippen molar-refractivity contribution in [3.05, 3.63) is 21.9 Å². The van der Waals surface area contributed by atoms with E-state index in [1.54, 1.807) is 0 Å². The topological polar surface area (TPSA) is 12.0 Å². The van der Waals surface area contributed by atoms with Crippen LogP contribution in [-0.2, 0) is 13.0 Å². The highest BCUT2D eigenvalue weighted by Gasteiger charge is 2.28. The molecule has 3 heteroatoms. The second kappa shape index (κ2) is 5.56. The average Bonchev–Trinajstić information content (AvgIpc) is 2.88. The normalized spacial score (nSPS) is 25.1. The van der Waals surface area contributed by atoms with Gasteiger partial charge in [0.15, 0.2) is 0 Å². The minimum Gasteiger partial charge on any atom is -0.310 e. The minimum atomic E-state index is 0.491. The molecule has 2 rings (SSSR count). The van der Waals surface area contributed by atoms with Gasteiger partial charge in [-0.2, -0.15) is 11.8 Å². The van der Waals surface area contributed by atoms with Crippen LogP contribution in [0.15, 0.2) is 12.1 Å². The van der Waals surface area contributed by atoms with Gasteiger partial charge in [-0.3, -0.25) is 0 Å². The van der Waals surface area contributed by atoms with Crippen molar-refractivity contribution in [3.8, 4) is 0 Å². The summed E-state index contributed by atoms with van der Waals surface area (Å²) < 4.78 is 0.491. The fourth-order valence-electron chi connectivity index (χ4n) is 2.13. The molecule has 90 valence electrons. The van der Waals surface area contributed by atoms with Gasteiger partial charge in [-0.15, -0.1) is 11.3 Å². The molecule has 2 heterocycles. The molecule has 16 heavy (non-hydrogen) atoms. The van der Waals surface area contributed by atoms with Gasteiger partial charge in [-0.05, 0) is 44.1 Å². The number of rotatable bonds is 5. The van der Waals surface area contributed by atoms with Crippen molar-refractivity contribution in [1.82, 2.24) is 5.32 Å². The molecule has 1 unspecified atom stereocenters. The van der Waals surface area contributed by atoms with Crippen LogP contribution >= 0.6 is 23.1 Å². The first-order valence-electron chi connectivity index (χ1n) is 6.14. The van der Waals surface area contributed by atoms with E-state index in [0.717, 1.165) is 19.5 Å². The number of thiophene rings is 1. The summed E-state index contributed by atoms with van der Waals surface area (Å²) in [7, 11) is 0. The molecule has 0 amide bonds. The van der Waals surface area contributed by atoms with Crippen LogP contribution in [0.5, 0.6) is 0 Å². The summed E-state index contributed by atoms with van der Waals surface area (Å²) in [6, 6.07) is 4.52. The fraction of sp³-hybridized carbons (Fsp3) is 0.692. The standard InChI is InChI=1S/C13H21NS2/c1-3-11-5-6-12(16-11)9-14-10-13(2)7-4-8-15-13/h5-6,14H,3-4,7-10H2,1-2H3. The first-order valence-corrected chi connectivity index (χ1v) is 7.94. The number of nitrogens with one attached hydrogen (secondary N) is 1. The SMILES string of the molecule is CCc1ccc(CNCC2(C)CCCS2)s1. The molecule has 0 aliphatic carbocycles. The fourth-order valence-corrected chi connectivity index (χ4v) is 4.34. The third kappa shape index (κ3) is 3.25. The van der Waals surface area contributed by atoms with E-state index in [0.29, 0.717) is 4.75 Å². The Morgan fingerprint density at radius 2 is 2.19 bits per heavy atom. The van der Waals surface area contributed by atoms with E-state index in [4.69, 9.17) is 0 Å². The lowest BCUT2D eigenvalue weighted by Crippen LogP contribution is -2.32. The van der Waals surface area contributed by atoms with Crippen molar-refractivity contribution in [2.24, 2.45) is 0 Å². The van der Waals surface area contributed by atoms with Crippen molar-refractivity contribution >= 4 is 23.1 Å². The number of thioether (sulfide) groups is 1. The van der Waals surface area contributed by atoms with Gasteiger partial charge < -0.3 is 5.32 Å². The van der Waals surface area contributed by atoms with Crippen LogP contribution < -0.4 is 5.32 Å². The molecule has 0 radical (unpaired) electrons. The zero-order valence-electron chi connectivity index (χ0n) is 10.2. The third-order valence-corrected chi connectivity index (χ3v) is 5.93. The van der Waals surface area contributed by atoms with Gasteiger partial charge in [-0.1, -0.05) is 6.92 Å². The second-order valence-electron chi connectivity index (χ2n) is 4.73. The number of hydrogen-bond acceptors (Lipinski definition) is 3. The van der Waals surface area contributed by atoms with Crippen LogP contribution in [0.3, 0.4) is 0 Å². The average molecular weight is 255 g/mol. The maximum atomic E-state index is 3.61. The van der Waals surface area contributed by atoms with Crippen LogP contribution in [0.2, 0.25) is 0 Å². The van der Waals surface area contributed by atoms with Crippen molar-refractivity contribution < 1.29 is 0 Å². The van der Waals surface area contributed by atoms with Crippen molar-refractivity contribution in [1.29, 1.82) is 0 Å². The summed E-state index contributed by atoms with van der Waals surface area (Å²) in [5, 5.41) is 3.61. The molecular weight excluding hydrogens is 234 g/mol. The summed E-state index contributed by atoms with van der Waals surface area (Å²) >= 11 is 4.08. The Morgan fingerprint density at radius 1 is 1.38 bits per heavy atom. The van der Waals surface area contributed by atoms with E-state index in [-0.39, 0.29) is 0 Å². The van der Waals surface area contributed by atoms with Gasteiger partial charge in [0, 0.05) is 27.6 Å². The van der Waals surface area contributed by atoms with E-state index in [2.05, 4.69) is 43.1 Å². The van der Waals surface area contributed by atoms with Crippen LogP contribution in [-0.4, -0.2) is 17.0 Å². The molecule has 1 saturated heterocycles. The van der Waals surface area contributed by atoms with E-state index >= 15 is 0 Å². The molecule has 1 fully saturated rings. The summed E-state index contributed by atoms with van der Waals surface area (Å²) in [6.45, 7) is 6.81. The quantitative estimate of drug-likeness (QED) is 0.861. The lowest BCUT2D eigenvalue weighted by Gasteiger charge is -2.22. The molecular formula is C13H21NS2. The number of aryl methyl sites for hydroxylation is 1. The Morgan fingerprint density at radius 3 is 2.81 bits per heavy atom. The Hall–Kier alpha value is 0.01000. The second-order valence-corrected chi connectivity index (χ2v) is 7.66. The maximum absolute atomic E-state index is 3.61. The van der Waals surface area contributed by atoms with Gasteiger partial charge in [0.1, 0.15) is 0 Å². The summed E-state index contributed by atoms with van der Waals surface area (Å²) in [5.41, 5.74) is 0. The van der Waals surface area contributed by atoms with Crippen molar-refractivity contribution in [3.63, 3.8) is 0 Å². The van der Waals surface area contributed by atoms with Gasteiger partial charge >= 0.3 is 0 Å². The van der Waals surface area contributed by atoms with Crippen LogP contribution in [0.25, 0.3) is 0 Å². The first-order chi connectivity index (χ1) is 7.72. The zero-order chi connectivity index (χ0) is 11.4.